The van der Waals surface area contributed by atoms with Gasteiger partial charge in [0.25, 0.3) is 0 Å². The SMILES string of the molecule is Cc1cc(C(C)CO)ccc1O. The molecule has 2 nitrogen and oxygen atoms in total. The van der Waals surface area contributed by atoms with Crippen LogP contribution in [0.15, 0.2) is 18.2 Å². The van der Waals surface area contributed by atoms with Crippen LogP contribution in [0.25, 0.3) is 0 Å². The molecule has 12 heavy (non-hydrogen) atoms. The van der Waals surface area contributed by atoms with Crippen LogP contribution in [0.3, 0.4) is 0 Å². The molecule has 0 aliphatic heterocycles. The third-order valence-electron chi connectivity index (χ3n) is 2.06. The summed E-state index contributed by atoms with van der Waals surface area (Å²) in [5, 5.41) is 18.1. The summed E-state index contributed by atoms with van der Waals surface area (Å²) < 4.78 is 0. The second-order valence-electron chi connectivity index (χ2n) is 3.13. The molecular weight excluding hydrogens is 152 g/mol. The van der Waals surface area contributed by atoms with Crippen LogP contribution in [0.2, 0.25) is 0 Å². The van der Waals surface area contributed by atoms with E-state index in [4.69, 9.17) is 5.11 Å². The Morgan fingerprint density at radius 3 is 2.58 bits per heavy atom. The Labute approximate surface area is 72.5 Å². The van der Waals surface area contributed by atoms with Crippen LogP contribution in [0.1, 0.15) is 24.0 Å². The van der Waals surface area contributed by atoms with Crippen molar-refractivity contribution in [2.75, 3.05) is 6.61 Å². The van der Waals surface area contributed by atoms with Crippen LogP contribution in [-0.4, -0.2) is 16.8 Å². The van der Waals surface area contributed by atoms with E-state index in [0.29, 0.717) is 5.75 Å². The minimum Gasteiger partial charge on any atom is -0.508 e. The largest absolute Gasteiger partial charge is 0.508 e. The van der Waals surface area contributed by atoms with Crippen LogP contribution in [-0.2, 0) is 0 Å². The number of aryl methyl sites for hydroxylation is 1. The highest BCUT2D eigenvalue weighted by molar-refractivity contribution is 5.36. The van der Waals surface area contributed by atoms with Crippen molar-refractivity contribution >= 4 is 0 Å². The third kappa shape index (κ3) is 1.77. The average Bonchev–Trinajstić information content (AvgIpc) is 2.08. The van der Waals surface area contributed by atoms with Crippen molar-refractivity contribution in [2.45, 2.75) is 19.8 Å². The van der Waals surface area contributed by atoms with Gasteiger partial charge in [0.2, 0.25) is 0 Å². The molecule has 1 unspecified atom stereocenters. The fourth-order valence-electron chi connectivity index (χ4n) is 1.09. The fraction of sp³-hybridized carbons (Fsp3) is 0.400. The fourth-order valence-corrected chi connectivity index (χ4v) is 1.09. The minimum atomic E-state index is 0.143. The minimum absolute atomic E-state index is 0.143. The maximum absolute atomic E-state index is 9.24. The Bertz CT molecular complexity index is 269. The molecule has 0 amide bonds. The Morgan fingerprint density at radius 2 is 2.08 bits per heavy atom. The molecule has 0 spiro atoms. The van der Waals surface area contributed by atoms with Gasteiger partial charge in [0, 0.05) is 12.5 Å². The molecule has 0 radical (unpaired) electrons. The standard InChI is InChI=1S/C10H14O2/c1-7-5-9(8(2)6-11)3-4-10(7)12/h3-5,8,11-12H,6H2,1-2H3. The Kier molecular flexibility index (Phi) is 2.71. The van der Waals surface area contributed by atoms with Crippen molar-refractivity contribution in [1.82, 2.24) is 0 Å². The molecule has 0 aromatic heterocycles. The highest BCUT2D eigenvalue weighted by atomic mass is 16.3. The number of aliphatic hydroxyl groups excluding tert-OH is 1. The van der Waals surface area contributed by atoms with Gasteiger partial charge in [-0.25, -0.2) is 0 Å². The maximum Gasteiger partial charge on any atom is 0.118 e. The Balaban J connectivity index is 2.96. The van der Waals surface area contributed by atoms with Gasteiger partial charge in [0.05, 0.1) is 0 Å². The molecule has 0 aliphatic carbocycles. The zero-order chi connectivity index (χ0) is 9.14. The molecule has 66 valence electrons. The van der Waals surface area contributed by atoms with Crippen LogP contribution < -0.4 is 0 Å². The summed E-state index contributed by atoms with van der Waals surface area (Å²) in [6.07, 6.45) is 0. The van der Waals surface area contributed by atoms with Crippen LogP contribution >= 0.6 is 0 Å². The molecule has 1 atom stereocenters. The maximum atomic E-state index is 9.24. The van der Waals surface area contributed by atoms with E-state index in [9.17, 15) is 5.11 Å². The predicted octanol–water partition coefficient (Wildman–Crippen LogP) is 1.80. The van der Waals surface area contributed by atoms with Gasteiger partial charge in [-0.3, -0.25) is 0 Å². The Hall–Kier alpha value is -1.02. The molecule has 1 aromatic rings. The van der Waals surface area contributed by atoms with E-state index in [1.165, 1.54) is 0 Å². The predicted molar refractivity (Wildman–Crippen MR) is 48.3 cm³/mol. The summed E-state index contributed by atoms with van der Waals surface area (Å²) in [6, 6.07) is 5.40. The summed E-state index contributed by atoms with van der Waals surface area (Å²) in [6.45, 7) is 3.94. The van der Waals surface area contributed by atoms with Gasteiger partial charge >= 0.3 is 0 Å². The van der Waals surface area contributed by atoms with Crippen molar-refractivity contribution in [3.05, 3.63) is 29.3 Å². The number of aromatic hydroxyl groups is 1. The van der Waals surface area contributed by atoms with Gasteiger partial charge in [0.15, 0.2) is 0 Å². The molecule has 0 saturated heterocycles. The molecule has 0 fully saturated rings. The number of rotatable bonds is 2. The molecule has 0 aliphatic rings. The van der Waals surface area contributed by atoms with E-state index in [0.717, 1.165) is 11.1 Å². The third-order valence-corrected chi connectivity index (χ3v) is 2.06. The van der Waals surface area contributed by atoms with E-state index in [-0.39, 0.29) is 12.5 Å². The van der Waals surface area contributed by atoms with E-state index >= 15 is 0 Å². The lowest BCUT2D eigenvalue weighted by molar-refractivity contribution is 0.273. The van der Waals surface area contributed by atoms with Gasteiger partial charge in [-0.05, 0) is 24.1 Å². The van der Waals surface area contributed by atoms with Crippen molar-refractivity contribution in [2.24, 2.45) is 0 Å². The molecule has 1 rings (SSSR count). The van der Waals surface area contributed by atoms with Gasteiger partial charge in [0.1, 0.15) is 5.75 Å². The lowest BCUT2D eigenvalue weighted by Crippen LogP contribution is -1.98. The summed E-state index contributed by atoms with van der Waals surface area (Å²) in [5.74, 6) is 0.452. The molecule has 0 heterocycles. The van der Waals surface area contributed by atoms with Gasteiger partial charge in [-0.2, -0.15) is 0 Å². The first-order valence-electron chi connectivity index (χ1n) is 4.05. The number of benzene rings is 1. The molecular formula is C10H14O2. The number of hydrogen-bond donors (Lipinski definition) is 2. The first kappa shape index (κ1) is 9.07. The normalized spacial score (nSPS) is 12.9. The smallest absolute Gasteiger partial charge is 0.118 e. The monoisotopic (exact) mass is 166 g/mol. The topological polar surface area (TPSA) is 40.5 Å². The first-order chi connectivity index (χ1) is 5.65. The van der Waals surface area contributed by atoms with Crippen molar-refractivity contribution in [1.29, 1.82) is 0 Å². The van der Waals surface area contributed by atoms with Crippen LogP contribution in [0, 0.1) is 6.92 Å². The van der Waals surface area contributed by atoms with Crippen LogP contribution in [0.4, 0.5) is 0 Å². The molecule has 0 bridgehead atoms. The van der Waals surface area contributed by atoms with Crippen molar-refractivity contribution < 1.29 is 10.2 Å². The van der Waals surface area contributed by atoms with E-state index in [2.05, 4.69) is 0 Å². The van der Waals surface area contributed by atoms with E-state index in [1.54, 1.807) is 6.07 Å². The zero-order valence-electron chi connectivity index (χ0n) is 7.41. The molecule has 2 N–H and O–H groups in total. The van der Waals surface area contributed by atoms with Gasteiger partial charge in [-0.1, -0.05) is 19.1 Å². The van der Waals surface area contributed by atoms with Crippen LogP contribution in [0.5, 0.6) is 5.75 Å². The first-order valence-corrected chi connectivity index (χ1v) is 4.05. The second-order valence-corrected chi connectivity index (χ2v) is 3.13. The highest BCUT2D eigenvalue weighted by Crippen LogP contribution is 2.21. The zero-order valence-corrected chi connectivity index (χ0v) is 7.41. The quantitative estimate of drug-likeness (QED) is 0.703. The van der Waals surface area contributed by atoms with Crippen molar-refractivity contribution in [3.8, 4) is 5.75 Å². The number of phenols is 1. The molecule has 1 aromatic carbocycles. The lowest BCUT2D eigenvalue weighted by atomic mass is 10.00. The highest BCUT2D eigenvalue weighted by Gasteiger charge is 2.04. The summed E-state index contributed by atoms with van der Waals surface area (Å²) >= 11 is 0. The number of hydrogen-bond acceptors (Lipinski definition) is 2. The van der Waals surface area contributed by atoms with Gasteiger partial charge in [-0.15, -0.1) is 0 Å². The Morgan fingerprint density at radius 1 is 1.42 bits per heavy atom. The van der Waals surface area contributed by atoms with Gasteiger partial charge < -0.3 is 10.2 Å². The molecule has 2 heteroatoms. The van der Waals surface area contributed by atoms with E-state index < -0.39 is 0 Å². The summed E-state index contributed by atoms with van der Waals surface area (Å²) in [5.41, 5.74) is 1.92. The number of phenolic OH excluding ortho intramolecular Hbond substituents is 1. The molecule has 0 saturated carbocycles. The van der Waals surface area contributed by atoms with E-state index in [1.807, 2.05) is 26.0 Å². The summed E-state index contributed by atoms with van der Waals surface area (Å²) in [4.78, 5) is 0. The summed E-state index contributed by atoms with van der Waals surface area (Å²) in [7, 11) is 0. The second kappa shape index (κ2) is 3.59. The van der Waals surface area contributed by atoms with Crippen molar-refractivity contribution in [3.63, 3.8) is 0 Å². The average molecular weight is 166 g/mol. The number of aliphatic hydroxyl groups is 1. The lowest BCUT2D eigenvalue weighted by Gasteiger charge is -2.09.